The number of aromatic nitrogens is 1. The molecule has 20 heavy (non-hydrogen) atoms. The molecule has 0 aliphatic rings. The van der Waals surface area contributed by atoms with Crippen LogP contribution in [0.1, 0.15) is 18.6 Å². The molecule has 2 rings (SSSR count). The van der Waals surface area contributed by atoms with Crippen molar-refractivity contribution >= 4 is 16.9 Å². The van der Waals surface area contributed by atoms with Gasteiger partial charge in [-0.05, 0) is 25.1 Å². The first-order valence-corrected chi connectivity index (χ1v) is 6.26. The Hall–Kier alpha value is -2.05. The number of esters is 1. The summed E-state index contributed by atoms with van der Waals surface area (Å²) in [5.74, 6) is -0.228. The Morgan fingerprint density at radius 1 is 1.40 bits per heavy atom. The fraction of sp³-hybridized carbons (Fsp3) is 0.357. The van der Waals surface area contributed by atoms with Crippen LogP contribution in [-0.2, 0) is 9.53 Å². The van der Waals surface area contributed by atoms with Crippen LogP contribution in [0.3, 0.4) is 0 Å². The molecule has 0 bridgehead atoms. The minimum atomic E-state index is -1.62. The first-order chi connectivity index (χ1) is 9.58. The number of hydrogen-bond donors (Lipinski definition) is 3. The van der Waals surface area contributed by atoms with Crippen molar-refractivity contribution in [3.8, 4) is 5.75 Å². The lowest BCUT2D eigenvalue weighted by Crippen LogP contribution is -2.29. The van der Waals surface area contributed by atoms with Gasteiger partial charge in [-0.1, -0.05) is 0 Å². The maximum Gasteiger partial charge on any atom is 0.338 e. The summed E-state index contributed by atoms with van der Waals surface area (Å²) in [5.41, 5.74) is 1.19. The van der Waals surface area contributed by atoms with Crippen molar-refractivity contribution in [2.45, 2.75) is 19.1 Å². The monoisotopic (exact) mass is 279 g/mol. The molecular weight excluding hydrogens is 262 g/mol. The highest BCUT2D eigenvalue weighted by atomic mass is 16.5. The van der Waals surface area contributed by atoms with Crippen molar-refractivity contribution in [1.29, 1.82) is 0 Å². The van der Waals surface area contributed by atoms with Gasteiger partial charge in [0.05, 0.1) is 13.7 Å². The van der Waals surface area contributed by atoms with Crippen LogP contribution in [0.5, 0.6) is 5.75 Å². The van der Waals surface area contributed by atoms with Gasteiger partial charge < -0.3 is 24.7 Å². The predicted octanol–water partition coefficient (Wildman–Crippen LogP) is 1.13. The number of carbonyl (C=O) groups excluding carboxylic acids is 1. The molecule has 0 saturated heterocycles. The maximum atomic E-state index is 11.5. The summed E-state index contributed by atoms with van der Waals surface area (Å²) < 4.78 is 9.82. The van der Waals surface area contributed by atoms with Gasteiger partial charge in [-0.3, -0.25) is 0 Å². The molecule has 6 heteroatoms. The SMILES string of the molecule is CCOC(=O)C(O)C(O)c1c[nH]c2ccc(OC)cc12. The Labute approximate surface area is 115 Å². The van der Waals surface area contributed by atoms with Gasteiger partial charge in [-0.15, -0.1) is 0 Å². The van der Waals surface area contributed by atoms with E-state index in [2.05, 4.69) is 4.98 Å². The van der Waals surface area contributed by atoms with E-state index in [1.165, 1.54) is 7.11 Å². The summed E-state index contributed by atoms with van der Waals surface area (Å²) in [6, 6.07) is 5.29. The summed E-state index contributed by atoms with van der Waals surface area (Å²) in [6.07, 6.45) is -1.44. The van der Waals surface area contributed by atoms with Crippen molar-refractivity contribution in [1.82, 2.24) is 4.98 Å². The van der Waals surface area contributed by atoms with Crippen LogP contribution in [0.2, 0.25) is 0 Å². The number of nitrogens with one attached hydrogen (secondary N) is 1. The summed E-state index contributed by atoms with van der Waals surface area (Å²) >= 11 is 0. The summed E-state index contributed by atoms with van der Waals surface area (Å²) in [7, 11) is 1.54. The molecule has 0 fully saturated rings. The second kappa shape index (κ2) is 5.94. The molecule has 1 aromatic carbocycles. The van der Waals surface area contributed by atoms with Gasteiger partial charge >= 0.3 is 5.97 Å². The van der Waals surface area contributed by atoms with Crippen molar-refractivity contribution < 1.29 is 24.5 Å². The number of hydrogen-bond acceptors (Lipinski definition) is 5. The van der Waals surface area contributed by atoms with E-state index in [0.717, 1.165) is 5.52 Å². The highest BCUT2D eigenvalue weighted by molar-refractivity contribution is 5.86. The lowest BCUT2D eigenvalue weighted by atomic mass is 10.0. The third kappa shape index (κ3) is 2.61. The van der Waals surface area contributed by atoms with E-state index >= 15 is 0 Å². The Balaban J connectivity index is 2.34. The third-order valence-electron chi connectivity index (χ3n) is 3.07. The minimum Gasteiger partial charge on any atom is -0.497 e. The van der Waals surface area contributed by atoms with Crippen LogP contribution in [0, 0.1) is 0 Å². The zero-order valence-electron chi connectivity index (χ0n) is 11.3. The lowest BCUT2D eigenvalue weighted by Gasteiger charge is -2.16. The predicted molar refractivity (Wildman–Crippen MR) is 72.5 cm³/mol. The van der Waals surface area contributed by atoms with Crippen molar-refractivity contribution in [3.05, 3.63) is 30.0 Å². The van der Waals surface area contributed by atoms with E-state index in [1.807, 2.05) is 0 Å². The number of fused-ring (bicyclic) bond motifs is 1. The molecule has 0 saturated carbocycles. The Kier molecular flexibility index (Phi) is 4.26. The van der Waals surface area contributed by atoms with Gasteiger partial charge in [-0.2, -0.15) is 0 Å². The average molecular weight is 279 g/mol. The number of methoxy groups -OCH3 is 1. The molecule has 0 aliphatic carbocycles. The number of benzene rings is 1. The van der Waals surface area contributed by atoms with E-state index in [1.54, 1.807) is 31.3 Å². The topological polar surface area (TPSA) is 91.8 Å². The molecule has 2 unspecified atom stereocenters. The normalized spacial score (nSPS) is 14.0. The minimum absolute atomic E-state index is 0.143. The van der Waals surface area contributed by atoms with E-state index in [9.17, 15) is 15.0 Å². The lowest BCUT2D eigenvalue weighted by molar-refractivity contribution is -0.159. The molecule has 0 amide bonds. The van der Waals surface area contributed by atoms with Gasteiger partial charge in [0.25, 0.3) is 0 Å². The van der Waals surface area contributed by atoms with Crippen molar-refractivity contribution in [3.63, 3.8) is 0 Å². The van der Waals surface area contributed by atoms with Crippen LogP contribution in [0.4, 0.5) is 0 Å². The molecule has 1 aromatic heterocycles. The molecule has 108 valence electrons. The Morgan fingerprint density at radius 2 is 2.15 bits per heavy atom. The number of aliphatic hydroxyl groups excluding tert-OH is 2. The summed E-state index contributed by atoms with van der Waals surface area (Å²) in [5, 5.41) is 20.6. The summed E-state index contributed by atoms with van der Waals surface area (Å²) in [4.78, 5) is 14.4. The smallest absolute Gasteiger partial charge is 0.338 e. The standard InChI is InChI=1S/C14H17NO5/c1-3-20-14(18)13(17)12(16)10-7-15-11-5-4-8(19-2)6-9(10)11/h4-7,12-13,15-17H,3H2,1-2H3. The highest BCUT2D eigenvalue weighted by Gasteiger charge is 2.28. The molecule has 0 radical (unpaired) electrons. The number of ether oxygens (including phenoxy) is 2. The van der Waals surface area contributed by atoms with Crippen LogP contribution in [0.15, 0.2) is 24.4 Å². The maximum absolute atomic E-state index is 11.5. The molecule has 6 nitrogen and oxygen atoms in total. The zero-order chi connectivity index (χ0) is 14.7. The largest absolute Gasteiger partial charge is 0.497 e. The van der Waals surface area contributed by atoms with Gasteiger partial charge in [0, 0.05) is 22.7 Å². The molecule has 0 aliphatic heterocycles. The van der Waals surface area contributed by atoms with Gasteiger partial charge in [0.2, 0.25) is 0 Å². The van der Waals surface area contributed by atoms with E-state index in [-0.39, 0.29) is 6.61 Å². The molecular formula is C14H17NO5. The third-order valence-corrected chi connectivity index (χ3v) is 3.07. The fourth-order valence-electron chi connectivity index (χ4n) is 2.02. The summed E-state index contributed by atoms with van der Waals surface area (Å²) in [6.45, 7) is 1.78. The number of aromatic amines is 1. The molecule has 2 aromatic rings. The van der Waals surface area contributed by atoms with Crippen LogP contribution in [-0.4, -0.2) is 41.0 Å². The Morgan fingerprint density at radius 3 is 2.80 bits per heavy atom. The number of H-pyrrole nitrogens is 1. The zero-order valence-corrected chi connectivity index (χ0v) is 11.3. The van der Waals surface area contributed by atoms with Crippen molar-refractivity contribution in [2.24, 2.45) is 0 Å². The second-order valence-corrected chi connectivity index (χ2v) is 4.30. The quantitative estimate of drug-likeness (QED) is 0.714. The number of aliphatic hydroxyl groups is 2. The van der Waals surface area contributed by atoms with Crippen LogP contribution < -0.4 is 4.74 Å². The first kappa shape index (κ1) is 14.4. The van der Waals surface area contributed by atoms with Crippen LogP contribution >= 0.6 is 0 Å². The molecule has 1 heterocycles. The van der Waals surface area contributed by atoms with Gasteiger partial charge in [-0.25, -0.2) is 4.79 Å². The molecule has 0 spiro atoms. The molecule has 3 N–H and O–H groups in total. The first-order valence-electron chi connectivity index (χ1n) is 6.26. The van der Waals surface area contributed by atoms with Crippen molar-refractivity contribution in [2.75, 3.05) is 13.7 Å². The van der Waals surface area contributed by atoms with E-state index < -0.39 is 18.2 Å². The van der Waals surface area contributed by atoms with Gasteiger partial charge in [0.1, 0.15) is 11.9 Å². The molecule has 2 atom stereocenters. The Bertz CT molecular complexity index is 607. The van der Waals surface area contributed by atoms with Crippen LogP contribution in [0.25, 0.3) is 10.9 Å². The number of carbonyl (C=O) groups is 1. The fourth-order valence-corrected chi connectivity index (χ4v) is 2.02. The van der Waals surface area contributed by atoms with Gasteiger partial charge in [0.15, 0.2) is 6.10 Å². The second-order valence-electron chi connectivity index (χ2n) is 4.30. The number of rotatable bonds is 5. The van der Waals surface area contributed by atoms with E-state index in [0.29, 0.717) is 16.7 Å². The van der Waals surface area contributed by atoms with E-state index in [4.69, 9.17) is 9.47 Å². The highest BCUT2D eigenvalue weighted by Crippen LogP contribution is 2.29. The average Bonchev–Trinajstić information content (AvgIpc) is 2.88.